The zero-order chi connectivity index (χ0) is 21.9. The van der Waals surface area contributed by atoms with Gasteiger partial charge in [0, 0.05) is 5.56 Å². The SMILES string of the molecule is Cc1ccccc1COc1ccc(/C=C2\N=C(c3ccc4ccccc4c3)OC2=O)cc1. The van der Waals surface area contributed by atoms with Crippen molar-refractivity contribution >= 4 is 28.7 Å². The topological polar surface area (TPSA) is 47.9 Å². The van der Waals surface area contributed by atoms with Gasteiger partial charge in [-0.2, -0.15) is 0 Å². The number of rotatable bonds is 5. The molecule has 0 atom stereocenters. The van der Waals surface area contributed by atoms with E-state index in [4.69, 9.17) is 9.47 Å². The molecule has 0 unspecified atom stereocenters. The van der Waals surface area contributed by atoms with E-state index in [2.05, 4.69) is 24.0 Å². The lowest BCUT2D eigenvalue weighted by atomic mass is 10.1. The maximum Gasteiger partial charge on any atom is 0.363 e. The molecule has 0 saturated heterocycles. The second-order valence-corrected chi connectivity index (χ2v) is 7.68. The summed E-state index contributed by atoms with van der Waals surface area (Å²) in [5.41, 5.74) is 4.27. The molecule has 0 spiro atoms. The fourth-order valence-corrected chi connectivity index (χ4v) is 3.61. The Hall–Kier alpha value is -4.18. The first-order valence-corrected chi connectivity index (χ1v) is 10.4. The van der Waals surface area contributed by atoms with Gasteiger partial charge in [-0.1, -0.05) is 66.7 Å². The summed E-state index contributed by atoms with van der Waals surface area (Å²) in [5.74, 6) is 0.642. The molecule has 1 aliphatic rings. The van der Waals surface area contributed by atoms with Gasteiger partial charge in [0.2, 0.25) is 5.90 Å². The monoisotopic (exact) mass is 419 g/mol. The maximum atomic E-state index is 12.4. The number of nitrogens with zero attached hydrogens (tertiary/aromatic N) is 1. The van der Waals surface area contributed by atoms with Gasteiger partial charge in [-0.05, 0) is 64.7 Å². The van der Waals surface area contributed by atoms with Gasteiger partial charge in [-0.25, -0.2) is 9.79 Å². The molecule has 0 fully saturated rings. The molecule has 1 heterocycles. The van der Waals surface area contributed by atoms with E-state index < -0.39 is 5.97 Å². The van der Waals surface area contributed by atoms with Crippen molar-refractivity contribution in [2.45, 2.75) is 13.5 Å². The van der Waals surface area contributed by atoms with E-state index in [1.807, 2.05) is 78.9 Å². The van der Waals surface area contributed by atoms with Crippen LogP contribution in [-0.2, 0) is 16.1 Å². The standard InChI is InChI=1S/C28H21NO3/c1-19-6-2-3-9-24(19)18-31-25-14-10-20(11-15-25)16-26-28(30)32-27(29-26)23-13-12-21-7-4-5-8-22(21)17-23/h2-17H,18H2,1H3/b26-16-. The van der Waals surface area contributed by atoms with Gasteiger partial charge >= 0.3 is 5.97 Å². The third-order valence-electron chi connectivity index (χ3n) is 5.46. The highest BCUT2D eigenvalue weighted by atomic mass is 16.6. The summed E-state index contributed by atoms with van der Waals surface area (Å²) in [7, 11) is 0. The van der Waals surface area contributed by atoms with E-state index in [-0.39, 0.29) is 5.70 Å². The Morgan fingerprint density at radius 2 is 1.62 bits per heavy atom. The normalized spacial score (nSPS) is 14.5. The minimum absolute atomic E-state index is 0.279. The molecular weight excluding hydrogens is 398 g/mol. The summed E-state index contributed by atoms with van der Waals surface area (Å²) in [4.78, 5) is 16.8. The Morgan fingerprint density at radius 1 is 0.875 bits per heavy atom. The van der Waals surface area contributed by atoms with Crippen LogP contribution in [-0.4, -0.2) is 11.9 Å². The quantitative estimate of drug-likeness (QED) is 0.291. The van der Waals surface area contributed by atoms with Gasteiger partial charge in [0.05, 0.1) is 0 Å². The van der Waals surface area contributed by atoms with Crippen molar-refractivity contribution in [2.75, 3.05) is 0 Å². The molecule has 1 aliphatic heterocycles. The summed E-state index contributed by atoms with van der Waals surface area (Å²) >= 11 is 0. The number of aryl methyl sites for hydroxylation is 1. The Kier molecular flexibility index (Phi) is 5.26. The highest BCUT2D eigenvalue weighted by Crippen LogP contribution is 2.23. The van der Waals surface area contributed by atoms with Gasteiger partial charge in [0.25, 0.3) is 0 Å². The fraction of sp³-hybridized carbons (Fsp3) is 0.0714. The van der Waals surface area contributed by atoms with Gasteiger partial charge in [-0.15, -0.1) is 0 Å². The highest BCUT2D eigenvalue weighted by molar-refractivity contribution is 6.13. The van der Waals surface area contributed by atoms with Crippen LogP contribution in [0.2, 0.25) is 0 Å². The molecule has 5 rings (SSSR count). The van der Waals surface area contributed by atoms with Crippen molar-refractivity contribution < 1.29 is 14.3 Å². The number of carbonyl (C=O) groups is 1. The second kappa shape index (κ2) is 8.52. The lowest BCUT2D eigenvalue weighted by Gasteiger charge is -2.08. The van der Waals surface area contributed by atoms with Crippen LogP contribution in [0.5, 0.6) is 5.75 Å². The fourth-order valence-electron chi connectivity index (χ4n) is 3.61. The third-order valence-corrected chi connectivity index (χ3v) is 5.46. The summed E-state index contributed by atoms with van der Waals surface area (Å²) in [6.45, 7) is 2.58. The number of esters is 1. The Labute approximate surface area is 186 Å². The lowest BCUT2D eigenvalue weighted by molar-refractivity contribution is -0.129. The van der Waals surface area contributed by atoms with Crippen LogP contribution in [0.15, 0.2) is 102 Å². The lowest BCUT2D eigenvalue weighted by Crippen LogP contribution is -2.05. The summed E-state index contributed by atoms with van der Waals surface area (Å²) in [5, 5.41) is 2.20. The van der Waals surface area contributed by atoms with Crippen LogP contribution in [0.25, 0.3) is 16.8 Å². The first kappa shape index (κ1) is 19.8. The molecule has 156 valence electrons. The summed E-state index contributed by atoms with van der Waals surface area (Å²) in [6, 6.07) is 29.7. The molecule has 4 nitrogen and oxygen atoms in total. The first-order valence-electron chi connectivity index (χ1n) is 10.4. The number of ether oxygens (including phenoxy) is 2. The molecule has 0 bridgehead atoms. The van der Waals surface area contributed by atoms with E-state index in [1.54, 1.807) is 6.08 Å². The first-order chi connectivity index (χ1) is 15.7. The van der Waals surface area contributed by atoms with Crippen LogP contribution in [0.4, 0.5) is 0 Å². The zero-order valence-corrected chi connectivity index (χ0v) is 17.6. The van der Waals surface area contributed by atoms with Gasteiger partial charge in [0.1, 0.15) is 12.4 Å². The predicted octanol–water partition coefficient (Wildman–Crippen LogP) is 6.07. The van der Waals surface area contributed by atoms with E-state index >= 15 is 0 Å². The van der Waals surface area contributed by atoms with E-state index in [0.717, 1.165) is 33.2 Å². The highest BCUT2D eigenvalue weighted by Gasteiger charge is 2.24. The Bertz CT molecular complexity index is 1370. The molecule has 4 heteroatoms. The predicted molar refractivity (Wildman–Crippen MR) is 127 cm³/mol. The molecule has 0 amide bonds. The number of hydrogen-bond donors (Lipinski definition) is 0. The van der Waals surface area contributed by atoms with Crippen LogP contribution in [0.3, 0.4) is 0 Å². The van der Waals surface area contributed by atoms with Crippen LogP contribution in [0, 0.1) is 6.92 Å². The smallest absolute Gasteiger partial charge is 0.363 e. The molecular formula is C28H21NO3. The number of carbonyl (C=O) groups excluding carboxylic acids is 1. The van der Waals surface area contributed by atoms with Gasteiger partial charge < -0.3 is 9.47 Å². The molecule has 4 aromatic carbocycles. The van der Waals surface area contributed by atoms with Gasteiger partial charge in [-0.3, -0.25) is 0 Å². The van der Waals surface area contributed by atoms with Crippen molar-refractivity contribution in [3.63, 3.8) is 0 Å². The molecule has 0 N–H and O–H groups in total. The van der Waals surface area contributed by atoms with Crippen molar-refractivity contribution in [2.24, 2.45) is 4.99 Å². The molecule has 32 heavy (non-hydrogen) atoms. The number of hydrogen-bond acceptors (Lipinski definition) is 4. The number of benzene rings is 4. The summed E-state index contributed by atoms with van der Waals surface area (Å²) in [6.07, 6.45) is 1.72. The average molecular weight is 419 g/mol. The van der Waals surface area contributed by atoms with E-state index in [9.17, 15) is 4.79 Å². The van der Waals surface area contributed by atoms with Crippen molar-refractivity contribution in [1.82, 2.24) is 0 Å². The number of fused-ring (bicyclic) bond motifs is 1. The molecule has 0 radical (unpaired) electrons. The Morgan fingerprint density at radius 3 is 2.44 bits per heavy atom. The summed E-state index contributed by atoms with van der Waals surface area (Å²) < 4.78 is 11.3. The van der Waals surface area contributed by atoms with Crippen LogP contribution < -0.4 is 4.74 Å². The van der Waals surface area contributed by atoms with Crippen LogP contribution in [0.1, 0.15) is 22.3 Å². The molecule has 0 saturated carbocycles. The number of cyclic esters (lactones) is 1. The minimum atomic E-state index is -0.451. The van der Waals surface area contributed by atoms with E-state index in [0.29, 0.717) is 12.5 Å². The molecule has 0 aliphatic carbocycles. The average Bonchev–Trinajstić information content (AvgIpc) is 3.19. The molecule has 0 aromatic heterocycles. The zero-order valence-electron chi connectivity index (χ0n) is 17.6. The van der Waals surface area contributed by atoms with Crippen molar-refractivity contribution in [3.8, 4) is 5.75 Å². The number of aliphatic imine (C=N–C) groups is 1. The second-order valence-electron chi connectivity index (χ2n) is 7.68. The van der Waals surface area contributed by atoms with Crippen molar-refractivity contribution in [1.29, 1.82) is 0 Å². The Balaban J connectivity index is 1.32. The van der Waals surface area contributed by atoms with Gasteiger partial charge in [0.15, 0.2) is 5.70 Å². The third kappa shape index (κ3) is 4.16. The maximum absolute atomic E-state index is 12.4. The molecule has 4 aromatic rings. The van der Waals surface area contributed by atoms with Crippen molar-refractivity contribution in [3.05, 3.63) is 119 Å². The largest absolute Gasteiger partial charge is 0.489 e. The van der Waals surface area contributed by atoms with E-state index in [1.165, 1.54) is 5.56 Å². The van der Waals surface area contributed by atoms with Crippen LogP contribution >= 0.6 is 0 Å². The minimum Gasteiger partial charge on any atom is -0.489 e.